The number of nitrogens with one attached hydrogen (secondary N) is 1. The normalized spacial score (nSPS) is 17.2. The molecule has 4 heteroatoms. The largest absolute Gasteiger partial charge is 0.454 e. The van der Waals surface area contributed by atoms with Crippen LogP contribution in [0, 0.1) is 0 Å². The maximum atomic E-state index is 5.49. The first-order valence-electron chi connectivity index (χ1n) is 5.36. The third-order valence-electron chi connectivity index (χ3n) is 2.89. The van der Waals surface area contributed by atoms with Gasteiger partial charge in [0.15, 0.2) is 11.5 Å². The van der Waals surface area contributed by atoms with Gasteiger partial charge < -0.3 is 19.5 Å². The van der Waals surface area contributed by atoms with Crippen molar-refractivity contribution < 1.29 is 14.2 Å². The Bertz CT molecular complexity index is 367. The highest BCUT2D eigenvalue weighted by molar-refractivity contribution is 5.45. The molecule has 0 saturated carbocycles. The van der Waals surface area contributed by atoms with Crippen LogP contribution in [0.4, 0.5) is 0 Å². The quantitative estimate of drug-likeness (QED) is 0.843. The van der Waals surface area contributed by atoms with Crippen molar-refractivity contribution in [3.05, 3.63) is 23.8 Å². The van der Waals surface area contributed by atoms with Crippen molar-refractivity contribution in [1.82, 2.24) is 5.32 Å². The van der Waals surface area contributed by atoms with Crippen LogP contribution >= 0.6 is 0 Å². The zero-order valence-electron chi connectivity index (χ0n) is 9.82. The number of likely N-dealkylation sites (N-methyl/N-ethyl adjacent to an activating group) is 1. The third kappa shape index (κ3) is 1.99. The zero-order valence-corrected chi connectivity index (χ0v) is 9.82. The molecule has 16 heavy (non-hydrogen) atoms. The van der Waals surface area contributed by atoms with Crippen molar-refractivity contribution in [2.75, 3.05) is 21.0 Å². The first kappa shape index (κ1) is 11.2. The van der Waals surface area contributed by atoms with Crippen LogP contribution in [0.5, 0.6) is 11.5 Å². The molecule has 0 spiro atoms. The molecule has 2 atom stereocenters. The van der Waals surface area contributed by atoms with Crippen LogP contribution < -0.4 is 14.8 Å². The van der Waals surface area contributed by atoms with E-state index in [-0.39, 0.29) is 12.1 Å². The van der Waals surface area contributed by atoms with Gasteiger partial charge in [0.05, 0.1) is 6.10 Å². The zero-order chi connectivity index (χ0) is 11.5. The second kappa shape index (κ2) is 4.72. The van der Waals surface area contributed by atoms with E-state index in [1.807, 2.05) is 25.2 Å². The summed E-state index contributed by atoms with van der Waals surface area (Å²) >= 11 is 0. The minimum Gasteiger partial charge on any atom is -0.454 e. The minimum absolute atomic E-state index is 0.0134. The van der Waals surface area contributed by atoms with Crippen LogP contribution in [0.15, 0.2) is 18.2 Å². The summed E-state index contributed by atoms with van der Waals surface area (Å²) in [6, 6.07) is 6.15. The van der Waals surface area contributed by atoms with Crippen molar-refractivity contribution in [1.29, 1.82) is 0 Å². The number of rotatable bonds is 4. The van der Waals surface area contributed by atoms with Crippen molar-refractivity contribution in [3.63, 3.8) is 0 Å². The third-order valence-corrected chi connectivity index (χ3v) is 2.89. The Labute approximate surface area is 95.5 Å². The number of fused-ring (bicyclic) bond motifs is 1. The van der Waals surface area contributed by atoms with E-state index < -0.39 is 0 Å². The molecule has 1 aromatic carbocycles. The van der Waals surface area contributed by atoms with Crippen molar-refractivity contribution in [2.45, 2.75) is 19.1 Å². The molecular weight excluding hydrogens is 206 g/mol. The molecule has 1 aliphatic rings. The lowest BCUT2D eigenvalue weighted by Gasteiger charge is -2.22. The lowest BCUT2D eigenvalue weighted by atomic mass is 10.0. The van der Waals surface area contributed by atoms with E-state index in [1.54, 1.807) is 7.11 Å². The van der Waals surface area contributed by atoms with E-state index >= 15 is 0 Å². The summed E-state index contributed by atoms with van der Waals surface area (Å²) in [6.07, 6.45) is 0.0134. The molecule has 0 radical (unpaired) electrons. The Morgan fingerprint density at radius 3 is 2.75 bits per heavy atom. The Morgan fingerprint density at radius 2 is 2.06 bits per heavy atom. The minimum atomic E-state index is 0.0134. The van der Waals surface area contributed by atoms with Gasteiger partial charge >= 0.3 is 0 Å². The van der Waals surface area contributed by atoms with Crippen LogP contribution in [0.25, 0.3) is 0 Å². The average molecular weight is 223 g/mol. The smallest absolute Gasteiger partial charge is 0.231 e. The fourth-order valence-electron chi connectivity index (χ4n) is 1.87. The predicted octanol–water partition coefficient (Wildman–Crippen LogP) is 1.71. The van der Waals surface area contributed by atoms with E-state index in [0.717, 1.165) is 17.1 Å². The molecule has 1 N–H and O–H groups in total. The first-order valence-corrected chi connectivity index (χ1v) is 5.36. The number of methoxy groups -OCH3 is 1. The van der Waals surface area contributed by atoms with Crippen molar-refractivity contribution in [2.24, 2.45) is 0 Å². The van der Waals surface area contributed by atoms with Gasteiger partial charge in [-0.15, -0.1) is 0 Å². The fraction of sp³-hybridized carbons (Fsp3) is 0.500. The molecule has 4 nitrogen and oxygen atoms in total. The summed E-state index contributed by atoms with van der Waals surface area (Å²) < 4.78 is 16.1. The van der Waals surface area contributed by atoms with Gasteiger partial charge in [0.2, 0.25) is 6.79 Å². The highest BCUT2D eigenvalue weighted by Gasteiger charge is 2.21. The van der Waals surface area contributed by atoms with E-state index in [1.165, 1.54) is 0 Å². The Hall–Kier alpha value is -1.26. The summed E-state index contributed by atoms with van der Waals surface area (Å²) in [5.74, 6) is 1.60. The topological polar surface area (TPSA) is 39.7 Å². The van der Waals surface area contributed by atoms with Gasteiger partial charge in [-0.05, 0) is 31.7 Å². The number of benzene rings is 1. The molecule has 2 unspecified atom stereocenters. The van der Waals surface area contributed by atoms with Gasteiger partial charge in [0.1, 0.15) is 0 Å². The Morgan fingerprint density at radius 1 is 1.31 bits per heavy atom. The van der Waals surface area contributed by atoms with Crippen LogP contribution in [0.3, 0.4) is 0 Å². The predicted molar refractivity (Wildman–Crippen MR) is 60.8 cm³/mol. The monoisotopic (exact) mass is 223 g/mol. The second-order valence-corrected chi connectivity index (χ2v) is 3.85. The van der Waals surface area contributed by atoms with Crippen LogP contribution in [0.2, 0.25) is 0 Å². The van der Waals surface area contributed by atoms with Crippen LogP contribution in [0.1, 0.15) is 18.6 Å². The van der Waals surface area contributed by atoms with Gasteiger partial charge in [0.25, 0.3) is 0 Å². The molecule has 0 saturated heterocycles. The number of hydrogen-bond donors (Lipinski definition) is 1. The highest BCUT2D eigenvalue weighted by atomic mass is 16.7. The lowest BCUT2D eigenvalue weighted by molar-refractivity contribution is 0.0759. The fourth-order valence-corrected chi connectivity index (χ4v) is 1.87. The molecule has 0 fully saturated rings. The van der Waals surface area contributed by atoms with Crippen molar-refractivity contribution >= 4 is 0 Å². The summed E-state index contributed by atoms with van der Waals surface area (Å²) in [6.45, 7) is 2.39. The van der Waals surface area contributed by atoms with E-state index in [4.69, 9.17) is 14.2 Å². The maximum Gasteiger partial charge on any atom is 0.231 e. The van der Waals surface area contributed by atoms with E-state index in [0.29, 0.717) is 6.79 Å². The van der Waals surface area contributed by atoms with Crippen LogP contribution in [-0.2, 0) is 4.74 Å². The maximum absolute atomic E-state index is 5.49. The van der Waals surface area contributed by atoms with E-state index in [9.17, 15) is 0 Å². The second-order valence-electron chi connectivity index (χ2n) is 3.85. The molecule has 2 rings (SSSR count). The Kier molecular flexibility index (Phi) is 3.31. The van der Waals surface area contributed by atoms with Gasteiger partial charge in [-0.1, -0.05) is 6.07 Å². The standard InChI is InChI=1S/C12H17NO3/c1-8(13-2)12(14-3)9-4-5-10-11(6-9)16-7-15-10/h4-6,8,12-13H,7H2,1-3H3. The van der Waals surface area contributed by atoms with Gasteiger partial charge in [-0.3, -0.25) is 0 Å². The number of hydrogen-bond acceptors (Lipinski definition) is 4. The highest BCUT2D eigenvalue weighted by Crippen LogP contribution is 2.35. The summed E-state index contributed by atoms with van der Waals surface area (Å²) in [7, 11) is 3.63. The Balaban J connectivity index is 2.25. The molecule has 0 amide bonds. The summed E-state index contributed by atoms with van der Waals surface area (Å²) in [4.78, 5) is 0. The van der Waals surface area contributed by atoms with Crippen LogP contribution in [-0.4, -0.2) is 27.0 Å². The molecule has 0 aliphatic carbocycles. The molecule has 1 heterocycles. The van der Waals surface area contributed by atoms with E-state index in [2.05, 4.69) is 12.2 Å². The average Bonchev–Trinajstić information content (AvgIpc) is 2.77. The SMILES string of the molecule is CNC(C)C(OC)c1ccc2c(c1)OCO2. The molecule has 0 bridgehead atoms. The molecular formula is C12H17NO3. The molecule has 88 valence electrons. The van der Waals surface area contributed by atoms with Gasteiger partial charge in [-0.25, -0.2) is 0 Å². The van der Waals surface area contributed by atoms with Crippen molar-refractivity contribution in [3.8, 4) is 11.5 Å². The molecule has 1 aliphatic heterocycles. The molecule has 0 aromatic heterocycles. The summed E-state index contributed by atoms with van der Waals surface area (Å²) in [5.41, 5.74) is 1.09. The number of ether oxygens (including phenoxy) is 3. The van der Waals surface area contributed by atoms with Gasteiger partial charge in [-0.2, -0.15) is 0 Å². The first-order chi connectivity index (χ1) is 7.76. The van der Waals surface area contributed by atoms with Gasteiger partial charge in [0, 0.05) is 13.2 Å². The lowest BCUT2D eigenvalue weighted by Crippen LogP contribution is -2.29. The molecule has 1 aromatic rings. The summed E-state index contributed by atoms with van der Waals surface area (Å²) in [5, 5.41) is 3.19.